The van der Waals surface area contributed by atoms with Crippen molar-refractivity contribution in [3.63, 3.8) is 0 Å². The third kappa shape index (κ3) is 3.40. The van der Waals surface area contributed by atoms with E-state index < -0.39 is 0 Å². The molecule has 1 atom stereocenters. The fraction of sp³-hybridized carbons (Fsp3) is 0.333. The summed E-state index contributed by atoms with van der Waals surface area (Å²) in [5.41, 5.74) is 12.0. The lowest BCUT2D eigenvalue weighted by molar-refractivity contribution is 0.304. The number of hydrogen-bond acceptors (Lipinski definition) is 2. The zero-order valence-corrected chi connectivity index (χ0v) is 12.7. The van der Waals surface area contributed by atoms with Gasteiger partial charge in [-0.25, -0.2) is 0 Å². The third-order valence-corrected chi connectivity index (χ3v) is 3.69. The summed E-state index contributed by atoms with van der Waals surface area (Å²) in [4.78, 5) is 0. The van der Waals surface area contributed by atoms with Gasteiger partial charge in [0.25, 0.3) is 0 Å². The molecule has 0 spiro atoms. The fourth-order valence-corrected chi connectivity index (χ4v) is 2.17. The van der Waals surface area contributed by atoms with Crippen molar-refractivity contribution in [3.05, 3.63) is 64.2 Å². The summed E-state index contributed by atoms with van der Waals surface area (Å²) < 4.78 is 5.91. The normalized spacial score (nSPS) is 12.2. The zero-order valence-electron chi connectivity index (χ0n) is 12.7. The van der Waals surface area contributed by atoms with Crippen LogP contribution >= 0.6 is 0 Å². The van der Waals surface area contributed by atoms with Crippen LogP contribution in [-0.2, 0) is 6.61 Å². The summed E-state index contributed by atoms with van der Waals surface area (Å²) in [6, 6.07) is 12.6. The fourth-order valence-electron chi connectivity index (χ4n) is 2.17. The lowest BCUT2D eigenvalue weighted by atomic mass is 10.1. The predicted molar refractivity (Wildman–Crippen MR) is 84.0 cm³/mol. The molecule has 0 aliphatic heterocycles. The minimum absolute atomic E-state index is 0.0579. The highest BCUT2D eigenvalue weighted by atomic mass is 16.5. The molecule has 2 nitrogen and oxygen atoms in total. The molecular formula is C18H23NO. The highest BCUT2D eigenvalue weighted by Crippen LogP contribution is 2.23. The van der Waals surface area contributed by atoms with Gasteiger partial charge in [0.2, 0.25) is 0 Å². The van der Waals surface area contributed by atoms with Gasteiger partial charge in [-0.3, -0.25) is 0 Å². The molecule has 2 aromatic rings. The van der Waals surface area contributed by atoms with Gasteiger partial charge in [0.1, 0.15) is 12.4 Å². The Morgan fingerprint density at radius 3 is 2.30 bits per heavy atom. The van der Waals surface area contributed by atoms with Crippen LogP contribution in [0.5, 0.6) is 5.75 Å². The van der Waals surface area contributed by atoms with E-state index in [1.165, 1.54) is 16.7 Å². The minimum Gasteiger partial charge on any atom is -0.489 e. The quantitative estimate of drug-likeness (QED) is 0.902. The Hall–Kier alpha value is -1.80. The molecule has 0 fully saturated rings. The van der Waals surface area contributed by atoms with Crippen molar-refractivity contribution in [2.75, 3.05) is 0 Å². The van der Waals surface area contributed by atoms with Gasteiger partial charge in [-0.15, -0.1) is 0 Å². The van der Waals surface area contributed by atoms with E-state index in [4.69, 9.17) is 10.5 Å². The van der Waals surface area contributed by atoms with Gasteiger partial charge < -0.3 is 10.5 Å². The van der Waals surface area contributed by atoms with Crippen LogP contribution < -0.4 is 10.5 Å². The van der Waals surface area contributed by atoms with Gasteiger partial charge >= 0.3 is 0 Å². The number of benzene rings is 2. The Morgan fingerprint density at radius 2 is 1.70 bits per heavy atom. The molecule has 20 heavy (non-hydrogen) atoms. The number of aryl methyl sites for hydroxylation is 3. The largest absolute Gasteiger partial charge is 0.489 e. The molecule has 0 bridgehead atoms. The molecule has 0 aromatic heterocycles. The third-order valence-electron chi connectivity index (χ3n) is 3.69. The van der Waals surface area contributed by atoms with Crippen molar-refractivity contribution in [2.45, 2.75) is 40.3 Å². The predicted octanol–water partition coefficient (Wildman–Crippen LogP) is 4.21. The number of ether oxygens (including phenoxy) is 1. The van der Waals surface area contributed by atoms with Gasteiger partial charge in [-0.2, -0.15) is 0 Å². The molecule has 2 heteroatoms. The van der Waals surface area contributed by atoms with Crippen molar-refractivity contribution in [1.29, 1.82) is 0 Å². The standard InChI is InChI=1S/C18H23NO/c1-12-5-6-16(9-13(12)2)11-20-18-8-7-17(15(4)19)10-14(18)3/h5-10,15H,11,19H2,1-4H3/t15-/m1/s1. The first-order chi connectivity index (χ1) is 9.47. The average Bonchev–Trinajstić information content (AvgIpc) is 2.41. The lowest BCUT2D eigenvalue weighted by Crippen LogP contribution is -2.05. The number of rotatable bonds is 4. The number of nitrogens with two attached hydrogens (primary N) is 1. The molecule has 0 aliphatic rings. The molecule has 0 amide bonds. The van der Waals surface area contributed by atoms with Crippen molar-refractivity contribution in [3.8, 4) is 5.75 Å². The molecule has 0 aliphatic carbocycles. The molecule has 106 valence electrons. The maximum Gasteiger partial charge on any atom is 0.122 e. The molecule has 2 aromatic carbocycles. The highest BCUT2D eigenvalue weighted by molar-refractivity contribution is 5.37. The first-order valence-corrected chi connectivity index (χ1v) is 7.02. The van der Waals surface area contributed by atoms with E-state index in [0.29, 0.717) is 6.61 Å². The van der Waals surface area contributed by atoms with Crippen molar-refractivity contribution in [2.24, 2.45) is 5.73 Å². The van der Waals surface area contributed by atoms with Crippen LogP contribution in [0.3, 0.4) is 0 Å². The Bertz CT molecular complexity index is 602. The maximum atomic E-state index is 5.91. The van der Waals surface area contributed by atoms with Gasteiger partial charge in [0, 0.05) is 6.04 Å². The molecular weight excluding hydrogens is 246 g/mol. The van der Waals surface area contributed by atoms with E-state index in [-0.39, 0.29) is 6.04 Å². The molecule has 0 unspecified atom stereocenters. The smallest absolute Gasteiger partial charge is 0.122 e. The SMILES string of the molecule is Cc1ccc(COc2ccc([C@@H](C)N)cc2C)cc1C. The van der Waals surface area contributed by atoms with Gasteiger partial charge in [-0.05, 0) is 61.6 Å². The Kier molecular flexibility index (Phi) is 4.46. The molecule has 0 saturated heterocycles. The summed E-state index contributed by atoms with van der Waals surface area (Å²) in [5, 5.41) is 0. The second-order valence-corrected chi connectivity index (χ2v) is 5.52. The summed E-state index contributed by atoms with van der Waals surface area (Å²) in [5.74, 6) is 0.924. The molecule has 0 radical (unpaired) electrons. The maximum absolute atomic E-state index is 5.91. The second-order valence-electron chi connectivity index (χ2n) is 5.52. The summed E-state index contributed by atoms with van der Waals surface area (Å²) in [6.07, 6.45) is 0. The van der Waals surface area contributed by atoms with Gasteiger partial charge in [-0.1, -0.05) is 30.3 Å². The summed E-state index contributed by atoms with van der Waals surface area (Å²) in [7, 11) is 0. The molecule has 2 rings (SSSR count). The van der Waals surface area contributed by atoms with E-state index >= 15 is 0 Å². The molecule has 0 saturated carbocycles. The number of hydrogen-bond donors (Lipinski definition) is 1. The van der Waals surface area contributed by atoms with E-state index in [1.807, 2.05) is 19.1 Å². The highest BCUT2D eigenvalue weighted by Gasteiger charge is 2.05. The monoisotopic (exact) mass is 269 g/mol. The Labute approximate surface area is 121 Å². The van der Waals surface area contributed by atoms with E-state index in [2.05, 4.69) is 45.0 Å². The van der Waals surface area contributed by atoms with Crippen LogP contribution in [0.1, 0.15) is 40.8 Å². The Morgan fingerprint density at radius 1 is 0.950 bits per heavy atom. The zero-order chi connectivity index (χ0) is 14.7. The van der Waals surface area contributed by atoms with E-state index in [1.54, 1.807) is 0 Å². The summed E-state index contributed by atoms with van der Waals surface area (Å²) >= 11 is 0. The van der Waals surface area contributed by atoms with Gasteiger partial charge in [0.15, 0.2) is 0 Å². The van der Waals surface area contributed by atoms with Crippen molar-refractivity contribution >= 4 is 0 Å². The topological polar surface area (TPSA) is 35.2 Å². The lowest BCUT2D eigenvalue weighted by Gasteiger charge is -2.13. The van der Waals surface area contributed by atoms with E-state index in [0.717, 1.165) is 16.9 Å². The molecule has 0 heterocycles. The molecule has 2 N–H and O–H groups in total. The first kappa shape index (κ1) is 14.6. The minimum atomic E-state index is 0.0579. The van der Waals surface area contributed by atoms with Crippen LogP contribution in [0.15, 0.2) is 36.4 Å². The van der Waals surface area contributed by atoms with Gasteiger partial charge in [0.05, 0.1) is 0 Å². The Balaban J connectivity index is 2.09. The van der Waals surface area contributed by atoms with Crippen LogP contribution in [0.25, 0.3) is 0 Å². The van der Waals surface area contributed by atoms with Crippen LogP contribution in [0, 0.1) is 20.8 Å². The van der Waals surface area contributed by atoms with Crippen molar-refractivity contribution < 1.29 is 4.74 Å². The first-order valence-electron chi connectivity index (χ1n) is 7.02. The van der Waals surface area contributed by atoms with E-state index in [9.17, 15) is 0 Å². The van der Waals surface area contributed by atoms with Crippen LogP contribution in [-0.4, -0.2) is 0 Å². The van der Waals surface area contributed by atoms with Crippen LogP contribution in [0.4, 0.5) is 0 Å². The second kappa shape index (κ2) is 6.10. The van der Waals surface area contributed by atoms with Crippen LogP contribution in [0.2, 0.25) is 0 Å². The van der Waals surface area contributed by atoms with Crippen molar-refractivity contribution in [1.82, 2.24) is 0 Å². The average molecular weight is 269 g/mol. The summed E-state index contributed by atoms with van der Waals surface area (Å²) in [6.45, 7) is 8.89.